The van der Waals surface area contributed by atoms with Crippen LogP contribution in [0.1, 0.15) is 29.3 Å². The molecule has 0 heterocycles. The molecule has 0 saturated heterocycles. The summed E-state index contributed by atoms with van der Waals surface area (Å²) >= 11 is 1.57. The van der Waals surface area contributed by atoms with E-state index in [0.717, 1.165) is 12.0 Å². The minimum Gasteiger partial charge on any atom is -0.340 e. The summed E-state index contributed by atoms with van der Waals surface area (Å²) in [4.78, 5) is 35.5. The molecule has 0 spiro atoms. The molecular weight excluding hydrogens is 378 g/mol. The van der Waals surface area contributed by atoms with E-state index in [-0.39, 0.29) is 17.2 Å². The van der Waals surface area contributed by atoms with Crippen molar-refractivity contribution in [1.29, 1.82) is 0 Å². The molecule has 7 nitrogen and oxygen atoms in total. The highest BCUT2D eigenvalue weighted by molar-refractivity contribution is 7.98. The molecule has 8 heteroatoms. The van der Waals surface area contributed by atoms with Gasteiger partial charge in [-0.25, -0.2) is 0 Å². The molecule has 1 unspecified atom stereocenters. The zero-order chi connectivity index (χ0) is 20.5. The maximum absolute atomic E-state index is 12.7. The van der Waals surface area contributed by atoms with Crippen molar-refractivity contribution in [2.75, 3.05) is 17.3 Å². The molecule has 148 valence electrons. The van der Waals surface area contributed by atoms with E-state index in [9.17, 15) is 19.7 Å². The summed E-state index contributed by atoms with van der Waals surface area (Å²) < 4.78 is 0. The number of nitro benzene ring substituents is 1. The Balaban J connectivity index is 2.10. The molecule has 0 bridgehead atoms. The topological polar surface area (TPSA) is 101 Å². The van der Waals surface area contributed by atoms with Gasteiger partial charge >= 0.3 is 0 Å². The van der Waals surface area contributed by atoms with Crippen LogP contribution in [0.4, 0.5) is 11.4 Å². The van der Waals surface area contributed by atoms with Gasteiger partial charge in [0.2, 0.25) is 5.91 Å². The van der Waals surface area contributed by atoms with E-state index in [0.29, 0.717) is 17.9 Å². The van der Waals surface area contributed by atoms with Crippen LogP contribution in [-0.2, 0) is 11.2 Å². The van der Waals surface area contributed by atoms with Crippen LogP contribution in [0.5, 0.6) is 0 Å². The minimum absolute atomic E-state index is 0.142. The molecule has 0 aliphatic carbocycles. The molecular formula is C20H23N3O4S. The number of amides is 2. The van der Waals surface area contributed by atoms with Crippen LogP contribution in [0, 0.1) is 10.1 Å². The van der Waals surface area contributed by atoms with Gasteiger partial charge in [-0.1, -0.05) is 25.1 Å². The quantitative estimate of drug-likeness (QED) is 0.493. The summed E-state index contributed by atoms with van der Waals surface area (Å²) in [5.74, 6) is -0.161. The van der Waals surface area contributed by atoms with Crippen molar-refractivity contribution in [3.8, 4) is 0 Å². The van der Waals surface area contributed by atoms with Gasteiger partial charge in [0.1, 0.15) is 6.04 Å². The van der Waals surface area contributed by atoms with E-state index in [2.05, 4.69) is 17.6 Å². The predicted molar refractivity (Wildman–Crippen MR) is 112 cm³/mol. The third-order valence-electron chi connectivity index (χ3n) is 4.18. The van der Waals surface area contributed by atoms with Gasteiger partial charge in [-0.2, -0.15) is 11.8 Å². The first-order valence-electron chi connectivity index (χ1n) is 8.88. The van der Waals surface area contributed by atoms with E-state index < -0.39 is 16.9 Å². The first-order valence-corrected chi connectivity index (χ1v) is 10.3. The zero-order valence-corrected chi connectivity index (χ0v) is 16.6. The molecule has 2 rings (SSSR count). The average molecular weight is 401 g/mol. The standard InChI is InChI=1S/C20H23N3O4S/c1-3-14-7-9-16(10-8-14)21-20(25)18(11-12-28-2)22-19(24)15-5-4-6-17(13-15)23(26)27/h4-10,13,18H,3,11-12H2,1-2H3,(H,21,25)(H,22,24). The van der Waals surface area contributed by atoms with Crippen molar-refractivity contribution >= 4 is 35.0 Å². The molecule has 2 N–H and O–H groups in total. The maximum atomic E-state index is 12.7. The lowest BCUT2D eigenvalue weighted by Gasteiger charge is -2.18. The lowest BCUT2D eigenvalue weighted by Crippen LogP contribution is -2.44. The number of hydrogen-bond donors (Lipinski definition) is 2. The third kappa shape index (κ3) is 6.09. The van der Waals surface area contributed by atoms with Crippen LogP contribution in [0.3, 0.4) is 0 Å². The number of nitro groups is 1. The van der Waals surface area contributed by atoms with Gasteiger partial charge in [-0.3, -0.25) is 19.7 Å². The van der Waals surface area contributed by atoms with E-state index in [4.69, 9.17) is 0 Å². The summed E-state index contributed by atoms with van der Waals surface area (Å²) in [5.41, 5.74) is 1.79. The van der Waals surface area contributed by atoms with Gasteiger partial charge < -0.3 is 10.6 Å². The van der Waals surface area contributed by atoms with Crippen molar-refractivity contribution in [3.05, 3.63) is 69.8 Å². The maximum Gasteiger partial charge on any atom is 0.270 e. The Hall–Kier alpha value is -2.87. The smallest absolute Gasteiger partial charge is 0.270 e. The number of carbonyl (C=O) groups excluding carboxylic acids is 2. The second-order valence-electron chi connectivity index (χ2n) is 6.15. The third-order valence-corrected chi connectivity index (χ3v) is 4.83. The Morgan fingerprint density at radius 1 is 1.18 bits per heavy atom. The number of benzene rings is 2. The Morgan fingerprint density at radius 3 is 2.50 bits per heavy atom. The molecule has 0 fully saturated rings. The molecule has 0 aliphatic rings. The second-order valence-corrected chi connectivity index (χ2v) is 7.14. The van der Waals surface area contributed by atoms with E-state index in [1.54, 1.807) is 11.8 Å². The van der Waals surface area contributed by atoms with Gasteiger partial charge in [-0.05, 0) is 48.6 Å². The van der Waals surface area contributed by atoms with Crippen LogP contribution >= 0.6 is 11.8 Å². The van der Waals surface area contributed by atoms with Gasteiger partial charge in [0, 0.05) is 23.4 Å². The Kier molecular flexibility index (Phi) is 8.01. The molecule has 2 aromatic carbocycles. The van der Waals surface area contributed by atoms with Crippen LogP contribution < -0.4 is 10.6 Å². The second kappa shape index (κ2) is 10.5. The molecule has 0 aliphatic heterocycles. The Bertz CT molecular complexity index is 840. The highest BCUT2D eigenvalue weighted by atomic mass is 32.2. The fraction of sp³-hybridized carbons (Fsp3) is 0.300. The fourth-order valence-electron chi connectivity index (χ4n) is 2.56. The van der Waals surface area contributed by atoms with Crippen molar-refractivity contribution in [3.63, 3.8) is 0 Å². The normalized spacial score (nSPS) is 11.5. The summed E-state index contributed by atoms with van der Waals surface area (Å²) in [6.45, 7) is 2.05. The molecule has 0 aromatic heterocycles. The number of nitrogens with zero attached hydrogens (tertiary/aromatic N) is 1. The minimum atomic E-state index is -0.745. The number of anilines is 1. The summed E-state index contributed by atoms with van der Waals surface area (Å²) in [6.07, 6.45) is 3.27. The molecule has 0 saturated carbocycles. The van der Waals surface area contributed by atoms with Crippen LogP contribution in [0.15, 0.2) is 48.5 Å². The zero-order valence-electron chi connectivity index (χ0n) is 15.8. The first kappa shape index (κ1) is 21.4. The van der Waals surface area contributed by atoms with E-state index in [1.165, 1.54) is 24.3 Å². The Morgan fingerprint density at radius 2 is 1.89 bits per heavy atom. The number of non-ortho nitro benzene ring substituents is 1. The van der Waals surface area contributed by atoms with Gasteiger partial charge in [0.25, 0.3) is 11.6 Å². The van der Waals surface area contributed by atoms with Crippen molar-refractivity contribution in [2.45, 2.75) is 25.8 Å². The van der Waals surface area contributed by atoms with Gasteiger partial charge in [0.15, 0.2) is 0 Å². The number of rotatable bonds is 9. The summed E-state index contributed by atoms with van der Waals surface area (Å²) in [5, 5.41) is 16.4. The summed E-state index contributed by atoms with van der Waals surface area (Å²) in [6, 6.07) is 12.2. The number of thioether (sulfide) groups is 1. The number of aryl methyl sites for hydroxylation is 1. The SMILES string of the molecule is CCc1ccc(NC(=O)C(CCSC)NC(=O)c2cccc([N+](=O)[O-])c2)cc1. The number of carbonyl (C=O) groups is 2. The monoisotopic (exact) mass is 401 g/mol. The predicted octanol–water partition coefficient (Wildman–Crippen LogP) is 3.65. The van der Waals surface area contributed by atoms with Gasteiger partial charge in [0.05, 0.1) is 4.92 Å². The first-order chi connectivity index (χ1) is 13.4. The van der Waals surface area contributed by atoms with Crippen LogP contribution in [0.2, 0.25) is 0 Å². The largest absolute Gasteiger partial charge is 0.340 e. The van der Waals surface area contributed by atoms with Crippen molar-refractivity contribution in [1.82, 2.24) is 5.32 Å². The highest BCUT2D eigenvalue weighted by Gasteiger charge is 2.22. The van der Waals surface area contributed by atoms with Crippen LogP contribution in [-0.4, -0.2) is 34.8 Å². The molecule has 0 radical (unpaired) electrons. The van der Waals surface area contributed by atoms with Crippen molar-refractivity contribution in [2.24, 2.45) is 0 Å². The Labute approximate surface area is 168 Å². The van der Waals surface area contributed by atoms with E-state index >= 15 is 0 Å². The molecule has 2 amide bonds. The number of hydrogen-bond acceptors (Lipinski definition) is 5. The van der Waals surface area contributed by atoms with Gasteiger partial charge in [-0.15, -0.1) is 0 Å². The number of nitrogens with one attached hydrogen (secondary N) is 2. The highest BCUT2D eigenvalue weighted by Crippen LogP contribution is 2.15. The van der Waals surface area contributed by atoms with Crippen molar-refractivity contribution < 1.29 is 14.5 Å². The molecule has 2 aromatic rings. The lowest BCUT2D eigenvalue weighted by atomic mass is 10.1. The lowest BCUT2D eigenvalue weighted by molar-refractivity contribution is -0.384. The van der Waals surface area contributed by atoms with Crippen LogP contribution in [0.25, 0.3) is 0 Å². The molecule has 28 heavy (non-hydrogen) atoms. The average Bonchev–Trinajstić information content (AvgIpc) is 2.71. The molecule has 1 atom stereocenters. The van der Waals surface area contributed by atoms with E-state index in [1.807, 2.05) is 30.5 Å². The summed E-state index contributed by atoms with van der Waals surface area (Å²) in [7, 11) is 0. The fourth-order valence-corrected chi connectivity index (χ4v) is 3.03.